The molecular weight excluding hydrogens is 326 g/mol. The maximum Gasteiger partial charge on any atom is 0.286 e. The second-order valence-corrected chi connectivity index (χ2v) is 5.47. The van der Waals surface area contributed by atoms with E-state index < -0.39 is 10.8 Å². The first-order valence-corrected chi connectivity index (χ1v) is 6.98. The monoisotopic (exact) mass is 343 g/mol. The van der Waals surface area contributed by atoms with Crippen molar-refractivity contribution in [1.82, 2.24) is 10.6 Å². The summed E-state index contributed by atoms with van der Waals surface area (Å²) in [5, 5.41) is 17.3. The number of carbonyl (C=O) groups excluding carboxylic acids is 1. The topological polar surface area (TPSA) is 103 Å². The zero-order valence-corrected chi connectivity index (χ0v) is 13.5. The molecular formula is C14H18ClN3O5. The molecule has 0 aromatic heterocycles. The van der Waals surface area contributed by atoms with Crippen molar-refractivity contribution in [3.8, 4) is 11.5 Å². The van der Waals surface area contributed by atoms with Crippen molar-refractivity contribution in [2.75, 3.05) is 27.3 Å². The number of nitro benzene ring substituents is 1. The predicted octanol–water partition coefficient (Wildman–Crippen LogP) is 0.981. The minimum Gasteiger partial charge on any atom is -0.493 e. The Hall–Kier alpha value is -2.06. The van der Waals surface area contributed by atoms with Crippen LogP contribution >= 0.6 is 12.4 Å². The van der Waals surface area contributed by atoms with Gasteiger partial charge < -0.3 is 20.1 Å². The van der Waals surface area contributed by atoms with Gasteiger partial charge in [0.15, 0.2) is 11.5 Å². The van der Waals surface area contributed by atoms with E-state index in [2.05, 4.69) is 10.6 Å². The quantitative estimate of drug-likeness (QED) is 0.610. The van der Waals surface area contributed by atoms with E-state index in [9.17, 15) is 14.9 Å². The number of ether oxygens (including phenoxy) is 2. The number of benzene rings is 1. The van der Waals surface area contributed by atoms with Crippen LogP contribution in [0.4, 0.5) is 5.69 Å². The predicted molar refractivity (Wildman–Crippen MR) is 84.6 cm³/mol. The Morgan fingerprint density at radius 2 is 1.83 bits per heavy atom. The highest BCUT2D eigenvalue weighted by Gasteiger charge is 2.53. The van der Waals surface area contributed by atoms with Gasteiger partial charge in [-0.15, -0.1) is 12.4 Å². The summed E-state index contributed by atoms with van der Waals surface area (Å²) in [6.07, 6.45) is 0. The lowest BCUT2D eigenvalue weighted by atomic mass is 10.1. The summed E-state index contributed by atoms with van der Waals surface area (Å²) >= 11 is 0. The Balaban J connectivity index is 0.00000192. The number of methoxy groups -OCH3 is 2. The molecule has 0 spiro atoms. The van der Waals surface area contributed by atoms with Crippen molar-refractivity contribution in [3.05, 3.63) is 27.8 Å². The normalized spacial score (nSPS) is 24.2. The lowest BCUT2D eigenvalue weighted by molar-refractivity contribution is -0.385. The van der Waals surface area contributed by atoms with E-state index in [0.29, 0.717) is 11.8 Å². The highest BCUT2D eigenvalue weighted by atomic mass is 35.5. The molecule has 2 atom stereocenters. The molecule has 0 bridgehead atoms. The Bertz CT molecular complexity index is 629. The zero-order chi connectivity index (χ0) is 15.9. The van der Waals surface area contributed by atoms with Gasteiger partial charge in [-0.25, -0.2) is 0 Å². The highest BCUT2D eigenvalue weighted by molar-refractivity contribution is 5.99. The van der Waals surface area contributed by atoms with Gasteiger partial charge in [0.25, 0.3) is 11.6 Å². The molecule has 23 heavy (non-hydrogen) atoms. The number of nitrogens with one attached hydrogen (secondary N) is 2. The van der Waals surface area contributed by atoms with E-state index in [1.54, 1.807) is 0 Å². The standard InChI is InChI=1S/C14H17N3O5.ClH/c1-21-11-3-7(10(17(19)20)4-12(11)22-2)14(18)16-13-8-5-15-6-9(8)13;/h3-4,8-9,13,15H,5-6H2,1-2H3,(H,16,18);1H. The molecule has 0 radical (unpaired) electrons. The summed E-state index contributed by atoms with van der Waals surface area (Å²) < 4.78 is 10.2. The molecule has 1 aliphatic carbocycles. The molecule has 8 nitrogen and oxygen atoms in total. The average molecular weight is 344 g/mol. The van der Waals surface area contributed by atoms with E-state index in [0.717, 1.165) is 13.1 Å². The molecule has 1 aromatic carbocycles. The van der Waals surface area contributed by atoms with Gasteiger partial charge in [-0.3, -0.25) is 14.9 Å². The average Bonchev–Trinajstić information content (AvgIpc) is 2.95. The minimum absolute atomic E-state index is 0. The molecule has 2 fully saturated rings. The second-order valence-electron chi connectivity index (χ2n) is 5.47. The molecule has 1 aromatic rings. The molecule has 2 N–H and O–H groups in total. The lowest BCUT2D eigenvalue weighted by Gasteiger charge is -2.11. The maximum absolute atomic E-state index is 12.4. The van der Waals surface area contributed by atoms with Crippen molar-refractivity contribution >= 4 is 24.0 Å². The Labute approximate surface area is 139 Å². The van der Waals surface area contributed by atoms with Crippen LogP contribution in [0.1, 0.15) is 10.4 Å². The number of carbonyl (C=O) groups is 1. The number of hydrogen-bond acceptors (Lipinski definition) is 6. The lowest BCUT2D eigenvalue weighted by Crippen LogP contribution is -2.32. The number of hydrogen-bond donors (Lipinski definition) is 2. The Morgan fingerprint density at radius 3 is 2.35 bits per heavy atom. The van der Waals surface area contributed by atoms with E-state index in [4.69, 9.17) is 9.47 Å². The van der Waals surface area contributed by atoms with Gasteiger partial charge >= 0.3 is 0 Å². The molecule has 2 aliphatic rings. The first kappa shape index (κ1) is 17.3. The van der Waals surface area contributed by atoms with Crippen LogP contribution in [-0.2, 0) is 0 Å². The van der Waals surface area contributed by atoms with Gasteiger partial charge in [-0.2, -0.15) is 0 Å². The van der Waals surface area contributed by atoms with Crippen LogP contribution in [0, 0.1) is 22.0 Å². The first-order chi connectivity index (χ1) is 10.6. The number of halogens is 1. The number of nitro groups is 1. The van der Waals surface area contributed by atoms with Crippen LogP contribution in [0.15, 0.2) is 12.1 Å². The van der Waals surface area contributed by atoms with Crippen LogP contribution in [-0.4, -0.2) is 44.2 Å². The summed E-state index contributed by atoms with van der Waals surface area (Å²) in [5.41, 5.74) is -0.306. The molecule has 9 heteroatoms. The molecule has 3 rings (SSSR count). The van der Waals surface area contributed by atoms with Crippen LogP contribution < -0.4 is 20.1 Å². The number of fused-ring (bicyclic) bond motifs is 1. The van der Waals surface area contributed by atoms with Crippen molar-refractivity contribution in [3.63, 3.8) is 0 Å². The maximum atomic E-state index is 12.4. The van der Waals surface area contributed by atoms with E-state index in [-0.39, 0.29) is 41.2 Å². The third-order valence-electron chi connectivity index (χ3n) is 4.33. The van der Waals surface area contributed by atoms with Crippen molar-refractivity contribution in [2.24, 2.45) is 11.8 Å². The Kier molecular flexibility index (Phi) is 4.96. The van der Waals surface area contributed by atoms with E-state index in [1.807, 2.05) is 0 Å². The second kappa shape index (κ2) is 6.59. The molecule has 1 saturated heterocycles. The smallest absolute Gasteiger partial charge is 0.286 e. The fourth-order valence-corrected chi connectivity index (χ4v) is 3.06. The van der Waals surface area contributed by atoms with Crippen LogP contribution in [0.25, 0.3) is 0 Å². The highest BCUT2D eigenvalue weighted by Crippen LogP contribution is 2.42. The minimum atomic E-state index is -0.591. The van der Waals surface area contributed by atoms with Gasteiger partial charge in [0.05, 0.1) is 25.2 Å². The fraction of sp³-hybridized carbons (Fsp3) is 0.500. The largest absolute Gasteiger partial charge is 0.493 e. The molecule has 1 amide bonds. The van der Waals surface area contributed by atoms with Crippen molar-refractivity contribution in [2.45, 2.75) is 6.04 Å². The van der Waals surface area contributed by atoms with Crippen LogP contribution in [0.5, 0.6) is 11.5 Å². The number of rotatable bonds is 5. The van der Waals surface area contributed by atoms with Crippen molar-refractivity contribution in [1.29, 1.82) is 0 Å². The number of piperidine rings is 1. The summed E-state index contributed by atoms with van der Waals surface area (Å²) in [4.78, 5) is 23.0. The first-order valence-electron chi connectivity index (χ1n) is 6.98. The molecule has 126 valence electrons. The van der Waals surface area contributed by atoms with Crippen LogP contribution in [0.2, 0.25) is 0 Å². The third-order valence-corrected chi connectivity index (χ3v) is 4.33. The summed E-state index contributed by atoms with van der Waals surface area (Å²) in [5.74, 6) is 0.924. The fourth-order valence-electron chi connectivity index (χ4n) is 3.06. The van der Waals surface area contributed by atoms with Gasteiger partial charge in [0, 0.05) is 25.2 Å². The molecule has 1 aliphatic heterocycles. The summed E-state index contributed by atoms with van der Waals surface area (Å²) in [7, 11) is 2.81. The number of nitrogens with zero attached hydrogens (tertiary/aromatic N) is 1. The van der Waals surface area contributed by atoms with E-state index >= 15 is 0 Å². The van der Waals surface area contributed by atoms with Crippen LogP contribution in [0.3, 0.4) is 0 Å². The molecule has 1 heterocycles. The Morgan fingerprint density at radius 1 is 1.26 bits per heavy atom. The molecule has 2 unspecified atom stereocenters. The zero-order valence-electron chi connectivity index (χ0n) is 12.7. The molecule has 1 saturated carbocycles. The van der Waals surface area contributed by atoms with Gasteiger partial charge in [-0.05, 0) is 11.8 Å². The summed E-state index contributed by atoms with van der Waals surface area (Å²) in [6.45, 7) is 1.76. The van der Waals surface area contributed by atoms with Crippen molar-refractivity contribution < 1.29 is 19.2 Å². The number of amides is 1. The third kappa shape index (κ3) is 3.04. The van der Waals surface area contributed by atoms with E-state index in [1.165, 1.54) is 26.4 Å². The van der Waals surface area contributed by atoms with Gasteiger partial charge in [0.1, 0.15) is 5.56 Å². The SMILES string of the molecule is COc1cc(C(=O)NC2C3CNCC32)c([N+](=O)[O-])cc1OC.Cl. The summed E-state index contributed by atoms with van der Waals surface area (Å²) in [6, 6.07) is 2.66. The van der Waals surface area contributed by atoms with Gasteiger partial charge in [0.2, 0.25) is 0 Å². The van der Waals surface area contributed by atoms with Gasteiger partial charge in [-0.1, -0.05) is 0 Å².